The molecule has 3 aliphatic rings. The molecule has 0 saturated carbocycles. The summed E-state index contributed by atoms with van der Waals surface area (Å²) in [6.07, 6.45) is 0. The van der Waals surface area contributed by atoms with E-state index in [9.17, 15) is 14.0 Å². The molecule has 1 fully saturated rings. The van der Waals surface area contributed by atoms with Crippen molar-refractivity contribution in [2.75, 3.05) is 20.6 Å². The third kappa shape index (κ3) is 3.31. The number of carbonyl (C=O) groups is 2. The molecule has 1 saturated heterocycles. The fourth-order valence-electron chi connectivity index (χ4n) is 4.00. The third-order valence-corrected chi connectivity index (χ3v) is 6.25. The monoisotopic (exact) mass is 497 g/mol. The van der Waals surface area contributed by atoms with Gasteiger partial charge in [0.05, 0.1) is 0 Å². The molecule has 1 atom stereocenters. The van der Waals surface area contributed by atoms with Crippen molar-refractivity contribution in [3.05, 3.63) is 69.9 Å². The number of fused-ring (bicyclic) bond motifs is 2. The summed E-state index contributed by atoms with van der Waals surface area (Å²) in [6.45, 7) is 0.714. The number of hydrogen-bond acceptors (Lipinski definition) is 5. The van der Waals surface area contributed by atoms with E-state index in [-0.39, 0.29) is 11.7 Å². The van der Waals surface area contributed by atoms with E-state index >= 15 is 0 Å². The van der Waals surface area contributed by atoms with Crippen molar-refractivity contribution < 1.29 is 18.6 Å². The molecule has 162 valence electrons. The molecular weight excluding hydrogens is 479 g/mol. The zero-order valence-corrected chi connectivity index (χ0v) is 19.0. The average molecular weight is 498 g/mol. The fraction of sp³-hybridized carbons (Fsp3) is 0.227. The van der Waals surface area contributed by atoms with E-state index in [0.717, 1.165) is 20.5 Å². The number of carbonyl (C=O) groups excluding carboxylic acids is 2. The van der Waals surface area contributed by atoms with E-state index < -0.39 is 12.1 Å². The summed E-state index contributed by atoms with van der Waals surface area (Å²) in [5.74, 6) is 0.206. The molecule has 0 spiro atoms. The molecule has 8 nitrogen and oxygen atoms in total. The van der Waals surface area contributed by atoms with Crippen LogP contribution in [0, 0.1) is 5.82 Å². The number of guanidine groups is 1. The molecule has 3 heterocycles. The van der Waals surface area contributed by atoms with E-state index in [0.29, 0.717) is 30.6 Å². The highest BCUT2D eigenvalue weighted by Crippen LogP contribution is 2.25. The molecule has 2 aromatic carbocycles. The van der Waals surface area contributed by atoms with E-state index in [1.165, 1.54) is 24.1 Å². The molecule has 3 amide bonds. The van der Waals surface area contributed by atoms with Gasteiger partial charge in [0.1, 0.15) is 24.6 Å². The normalized spacial score (nSPS) is 20.4. The van der Waals surface area contributed by atoms with Gasteiger partial charge in [0.2, 0.25) is 11.9 Å². The summed E-state index contributed by atoms with van der Waals surface area (Å²) in [6, 6.07) is 12.8. The van der Waals surface area contributed by atoms with E-state index in [2.05, 4.69) is 20.9 Å². The van der Waals surface area contributed by atoms with Crippen molar-refractivity contribution in [2.24, 2.45) is 10.1 Å². The Hall–Kier alpha value is -3.40. The SMILES string of the molecule is CN1C(=O)C2C(=NC3=[N+]2CC(c2ccc(F)cc2)=NN3Cc2ccc(Br)cc2)N(C)C1=O. The highest BCUT2D eigenvalue weighted by Gasteiger charge is 2.54. The van der Waals surface area contributed by atoms with Gasteiger partial charge in [-0.3, -0.25) is 14.6 Å². The number of hydrogen-bond donors (Lipinski definition) is 0. The average Bonchev–Trinajstić information content (AvgIpc) is 3.18. The van der Waals surface area contributed by atoms with Gasteiger partial charge >= 0.3 is 12.0 Å². The topological polar surface area (TPSA) is 71.6 Å². The molecule has 5 rings (SSSR count). The Morgan fingerprint density at radius 1 is 1.06 bits per heavy atom. The van der Waals surface area contributed by atoms with Gasteiger partial charge in [-0.15, -0.1) is 10.1 Å². The number of amides is 3. The number of aliphatic imine (C=N–C) groups is 1. The van der Waals surface area contributed by atoms with Crippen LogP contribution in [-0.4, -0.2) is 75.5 Å². The van der Waals surface area contributed by atoms with E-state index in [1.54, 1.807) is 24.2 Å². The molecule has 0 N–H and O–H groups in total. The van der Waals surface area contributed by atoms with Gasteiger partial charge in [-0.1, -0.05) is 45.2 Å². The maximum absolute atomic E-state index is 13.5. The van der Waals surface area contributed by atoms with Crippen LogP contribution in [0.3, 0.4) is 0 Å². The number of urea groups is 1. The van der Waals surface area contributed by atoms with Crippen LogP contribution in [0.2, 0.25) is 0 Å². The molecule has 2 aromatic rings. The molecular formula is C22H19BrFN6O2+. The number of benzene rings is 2. The summed E-state index contributed by atoms with van der Waals surface area (Å²) in [7, 11) is 3.07. The second-order valence-corrected chi connectivity index (χ2v) is 8.69. The fourth-order valence-corrected chi connectivity index (χ4v) is 4.26. The summed E-state index contributed by atoms with van der Waals surface area (Å²) >= 11 is 3.44. The van der Waals surface area contributed by atoms with Gasteiger partial charge < -0.3 is 0 Å². The molecule has 0 radical (unpaired) electrons. The Kier molecular flexibility index (Phi) is 4.89. The molecule has 10 heteroatoms. The summed E-state index contributed by atoms with van der Waals surface area (Å²) in [4.78, 5) is 32.6. The summed E-state index contributed by atoms with van der Waals surface area (Å²) in [5, 5.41) is 6.51. The van der Waals surface area contributed by atoms with Crippen LogP contribution in [0.15, 0.2) is 63.1 Å². The number of amidine groups is 1. The number of hydrazone groups is 1. The maximum atomic E-state index is 13.5. The molecule has 0 aromatic heterocycles. The lowest BCUT2D eigenvalue weighted by Crippen LogP contribution is -2.62. The van der Waals surface area contributed by atoms with Crippen molar-refractivity contribution >= 4 is 45.4 Å². The predicted molar refractivity (Wildman–Crippen MR) is 120 cm³/mol. The first kappa shape index (κ1) is 20.5. The minimum atomic E-state index is -0.726. The Bertz CT molecular complexity index is 1220. The standard InChI is InChI=1S/C22H19BrFN6O2/c1-27-19-18(20(31)28(2)22(27)32)29-12-17(14-5-9-16(24)10-6-14)26-30(21(29)25-19)11-13-3-7-15(23)8-4-13/h3-10,18H,11-12H2,1-2H3/q+1. The number of rotatable bonds is 3. The van der Waals surface area contributed by atoms with Crippen LogP contribution in [0.25, 0.3) is 0 Å². The lowest BCUT2D eigenvalue weighted by molar-refractivity contribution is -0.527. The second kappa shape index (κ2) is 7.63. The minimum absolute atomic E-state index is 0.303. The summed E-state index contributed by atoms with van der Waals surface area (Å²) in [5.41, 5.74) is 2.42. The van der Waals surface area contributed by atoms with Crippen LogP contribution in [0.1, 0.15) is 11.1 Å². The van der Waals surface area contributed by atoms with Crippen molar-refractivity contribution in [1.29, 1.82) is 0 Å². The van der Waals surface area contributed by atoms with E-state index in [1.807, 2.05) is 28.8 Å². The van der Waals surface area contributed by atoms with Crippen molar-refractivity contribution in [3.63, 3.8) is 0 Å². The number of imide groups is 1. The van der Waals surface area contributed by atoms with Crippen LogP contribution < -0.4 is 0 Å². The van der Waals surface area contributed by atoms with Crippen LogP contribution in [0.5, 0.6) is 0 Å². The number of nitrogens with zero attached hydrogens (tertiary/aromatic N) is 6. The molecule has 32 heavy (non-hydrogen) atoms. The van der Waals surface area contributed by atoms with Gasteiger partial charge in [-0.25, -0.2) is 13.8 Å². The smallest absolute Gasteiger partial charge is 0.270 e. The zero-order valence-electron chi connectivity index (χ0n) is 17.4. The van der Waals surface area contributed by atoms with Gasteiger partial charge in [0.15, 0.2) is 0 Å². The van der Waals surface area contributed by atoms with Gasteiger partial charge in [0.25, 0.3) is 5.91 Å². The lowest BCUT2D eigenvalue weighted by atomic mass is 10.1. The largest absolute Gasteiger partial charge is 0.417 e. The molecule has 1 unspecified atom stereocenters. The third-order valence-electron chi connectivity index (χ3n) is 5.73. The highest BCUT2D eigenvalue weighted by molar-refractivity contribution is 9.10. The maximum Gasteiger partial charge on any atom is 0.417 e. The predicted octanol–water partition coefficient (Wildman–Crippen LogP) is 2.48. The first-order chi connectivity index (χ1) is 15.3. The number of likely N-dealkylation sites (N-methyl/N-ethyl adjacent to an activating group) is 2. The highest BCUT2D eigenvalue weighted by atomic mass is 79.9. The molecule has 0 aliphatic carbocycles. The van der Waals surface area contributed by atoms with Crippen LogP contribution >= 0.6 is 15.9 Å². The van der Waals surface area contributed by atoms with Crippen molar-refractivity contribution in [2.45, 2.75) is 12.6 Å². The summed E-state index contributed by atoms with van der Waals surface area (Å²) < 4.78 is 16.3. The Labute approximate surface area is 192 Å². The minimum Gasteiger partial charge on any atom is -0.270 e. The van der Waals surface area contributed by atoms with Gasteiger partial charge in [-0.05, 0) is 29.8 Å². The van der Waals surface area contributed by atoms with E-state index in [4.69, 9.17) is 5.10 Å². The zero-order chi connectivity index (χ0) is 22.6. The lowest BCUT2D eigenvalue weighted by Gasteiger charge is -2.32. The molecule has 0 bridgehead atoms. The quantitative estimate of drug-likeness (QED) is 0.611. The second-order valence-electron chi connectivity index (χ2n) is 7.78. The van der Waals surface area contributed by atoms with Gasteiger partial charge in [0, 0.05) is 24.1 Å². The Morgan fingerprint density at radius 2 is 1.75 bits per heavy atom. The molecule has 3 aliphatic heterocycles. The van der Waals surface area contributed by atoms with Crippen LogP contribution in [0.4, 0.5) is 9.18 Å². The Morgan fingerprint density at radius 3 is 2.44 bits per heavy atom. The van der Waals surface area contributed by atoms with Crippen molar-refractivity contribution in [3.8, 4) is 0 Å². The Balaban J connectivity index is 1.58. The first-order valence-corrected chi connectivity index (χ1v) is 10.8. The van der Waals surface area contributed by atoms with Crippen molar-refractivity contribution in [1.82, 2.24) is 14.8 Å². The van der Waals surface area contributed by atoms with Gasteiger partial charge in [-0.2, -0.15) is 0 Å². The number of halogens is 2. The van der Waals surface area contributed by atoms with Crippen LogP contribution in [-0.2, 0) is 11.3 Å². The first-order valence-electron chi connectivity index (χ1n) is 9.96.